The van der Waals surface area contributed by atoms with E-state index in [9.17, 15) is 28.8 Å². The Kier molecular flexibility index (Phi) is 19.6. The quantitative estimate of drug-likeness (QED) is 0.117. The number of hydrogen-bond acceptors (Lipinski definition) is 16. The minimum absolute atomic E-state index is 0.164. The Balaban J connectivity index is 3.62. The van der Waals surface area contributed by atoms with Gasteiger partial charge in [-0.05, 0) is 0 Å². The molecule has 0 aliphatic heterocycles. The van der Waals surface area contributed by atoms with Crippen molar-refractivity contribution >= 4 is 36.2 Å². The zero-order valence-electron chi connectivity index (χ0n) is 19.5. The standard InChI is InChI=1S/C20H30O16/c21-5-7-29-15(23)1-3-17(25)31-9-11-33-19(27)35-13-14-36-20(28)34-12-10-32-18(26)4-2-16(24)30-8-6-22/h21-22H,1-14H2. The van der Waals surface area contributed by atoms with Gasteiger partial charge in [0.2, 0.25) is 0 Å². The van der Waals surface area contributed by atoms with Crippen molar-refractivity contribution in [3.63, 3.8) is 0 Å². The van der Waals surface area contributed by atoms with Crippen molar-refractivity contribution in [2.45, 2.75) is 25.7 Å². The first-order valence-corrected chi connectivity index (χ1v) is 10.7. The molecule has 0 saturated heterocycles. The molecular formula is C20H30O16. The molecule has 0 aromatic heterocycles. The van der Waals surface area contributed by atoms with Crippen LogP contribution in [0.3, 0.4) is 0 Å². The lowest BCUT2D eigenvalue weighted by Crippen LogP contribution is -2.19. The van der Waals surface area contributed by atoms with Crippen molar-refractivity contribution in [1.82, 2.24) is 0 Å². The SMILES string of the molecule is O=C(CCC(=O)OCCOC(=O)OCCOC(=O)OCCOC(=O)CCC(=O)OCCO)OCCO. The molecule has 0 rings (SSSR count). The number of aliphatic hydroxyl groups is 2. The predicted molar refractivity (Wildman–Crippen MR) is 111 cm³/mol. The van der Waals surface area contributed by atoms with E-state index in [0.717, 1.165) is 0 Å². The maximum atomic E-state index is 11.4. The summed E-state index contributed by atoms with van der Waals surface area (Å²) < 4.78 is 37.0. The number of rotatable bonds is 19. The van der Waals surface area contributed by atoms with Crippen molar-refractivity contribution in [3.05, 3.63) is 0 Å². The highest BCUT2D eigenvalue weighted by atomic mass is 16.8. The molecule has 0 radical (unpaired) electrons. The number of aliphatic hydroxyl groups excluding tert-OH is 2. The minimum atomic E-state index is -1.11. The molecule has 0 aromatic rings. The topological polar surface area (TPSA) is 217 Å². The molecule has 36 heavy (non-hydrogen) atoms. The molecule has 0 aliphatic rings. The first-order chi connectivity index (χ1) is 17.3. The molecule has 0 bridgehead atoms. The normalized spacial score (nSPS) is 9.94. The highest BCUT2D eigenvalue weighted by Gasteiger charge is 2.12. The van der Waals surface area contributed by atoms with Crippen molar-refractivity contribution in [1.29, 1.82) is 0 Å². The summed E-state index contributed by atoms with van der Waals surface area (Å²) in [7, 11) is 0. The Hall–Kier alpha value is -3.66. The van der Waals surface area contributed by atoms with Crippen LogP contribution in [0.4, 0.5) is 9.59 Å². The molecular weight excluding hydrogens is 496 g/mol. The van der Waals surface area contributed by atoms with E-state index in [1.54, 1.807) is 0 Å². The van der Waals surface area contributed by atoms with Crippen LogP contribution in [-0.4, -0.2) is 112 Å². The Morgan fingerprint density at radius 1 is 0.361 bits per heavy atom. The summed E-state index contributed by atoms with van der Waals surface area (Å²) in [5, 5.41) is 17.0. The molecule has 0 unspecified atom stereocenters. The first-order valence-electron chi connectivity index (χ1n) is 10.7. The molecule has 0 aliphatic carbocycles. The number of carbonyl (C=O) groups excluding carboxylic acids is 6. The molecule has 16 nitrogen and oxygen atoms in total. The maximum absolute atomic E-state index is 11.4. The van der Waals surface area contributed by atoms with E-state index in [1.165, 1.54) is 0 Å². The number of hydrogen-bond donors (Lipinski definition) is 2. The van der Waals surface area contributed by atoms with Gasteiger partial charge in [-0.1, -0.05) is 0 Å². The van der Waals surface area contributed by atoms with Crippen molar-refractivity contribution in [3.8, 4) is 0 Å². The lowest BCUT2D eigenvalue weighted by molar-refractivity contribution is -0.151. The van der Waals surface area contributed by atoms with Crippen LogP contribution in [0.2, 0.25) is 0 Å². The van der Waals surface area contributed by atoms with Crippen LogP contribution < -0.4 is 0 Å². The molecule has 0 atom stereocenters. The molecule has 0 fully saturated rings. The summed E-state index contributed by atoms with van der Waals surface area (Å²) in [5.74, 6) is -2.76. The van der Waals surface area contributed by atoms with Gasteiger partial charge < -0.3 is 48.1 Å². The highest BCUT2D eigenvalue weighted by molar-refractivity contribution is 5.78. The van der Waals surface area contributed by atoms with Gasteiger partial charge >= 0.3 is 36.2 Å². The summed E-state index contributed by atoms with van der Waals surface area (Å²) in [6, 6.07) is 0. The molecule has 0 spiro atoms. The van der Waals surface area contributed by atoms with Crippen molar-refractivity contribution in [2.24, 2.45) is 0 Å². The summed E-state index contributed by atoms with van der Waals surface area (Å²) in [6.07, 6.45) is -3.15. The lowest BCUT2D eigenvalue weighted by Gasteiger charge is -2.09. The van der Waals surface area contributed by atoms with Gasteiger partial charge in [0.05, 0.1) is 38.9 Å². The van der Waals surface area contributed by atoms with Crippen molar-refractivity contribution < 1.29 is 76.9 Å². The average Bonchev–Trinajstić information content (AvgIpc) is 2.86. The van der Waals surface area contributed by atoms with E-state index in [1.807, 2.05) is 0 Å². The van der Waals surface area contributed by atoms with Crippen LogP contribution in [0.5, 0.6) is 0 Å². The fourth-order valence-corrected chi connectivity index (χ4v) is 1.91. The van der Waals surface area contributed by atoms with Gasteiger partial charge in [0.15, 0.2) is 0 Å². The Bertz CT molecular complexity index is 633. The molecule has 0 saturated carbocycles. The monoisotopic (exact) mass is 526 g/mol. The molecule has 0 aromatic carbocycles. The van der Waals surface area contributed by atoms with Crippen LogP contribution in [0.1, 0.15) is 25.7 Å². The lowest BCUT2D eigenvalue weighted by atomic mass is 10.3. The van der Waals surface area contributed by atoms with E-state index in [2.05, 4.69) is 28.4 Å². The van der Waals surface area contributed by atoms with Gasteiger partial charge in [-0.15, -0.1) is 0 Å². The maximum Gasteiger partial charge on any atom is 0.508 e. The number of esters is 4. The van der Waals surface area contributed by atoms with Crippen LogP contribution in [0.25, 0.3) is 0 Å². The largest absolute Gasteiger partial charge is 0.508 e. The van der Waals surface area contributed by atoms with E-state index < -0.39 is 36.2 Å². The van der Waals surface area contributed by atoms with Gasteiger partial charge in [-0.2, -0.15) is 0 Å². The van der Waals surface area contributed by atoms with Gasteiger partial charge in [0.1, 0.15) is 52.9 Å². The van der Waals surface area contributed by atoms with Gasteiger partial charge in [-0.3, -0.25) is 19.2 Å². The van der Waals surface area contributed by atoms with Gasteiger partial charge in [0.25, 0.3) is 0 Å². The van der Waals surface area contributed by atoms with E-state index >= 15 is 0 Å². The van der Waals surface area contributed by atoms with E-state index in [-0.39, 0.29) is 91.8 Å². The second-order valence-electron chi connectivity index (χ2n) is 6.22. The summed E-state index contributed by atoms with van der Waals surface area (Å²) in [6.45, 7) is -2.87. The second kappa shape index (κ2) is 21.8. The fourth-order valence-electron chi connectivity index (χ4n) is 1.91. The molecule has 0 amide bonds. The Morgan fingerprint density at radius 2 is 0.583 bits per heavy atom. The number of ether oxygens (including phenoxy) is 8. The van der Waals surface area contributed by atoms with Gasteiger partial charge in [-0.25, -0.2) is 9.59 Å². The number of carbonyl (C=O) groups is 6. The highest BCUT2D eigenvalue weighted by Crippen LogP contribution is 1.98. The molecule has 0 heterocycles. The third-order valence-electron chi connectivity index (χ3n) is 3.43. The van der Waals surface area contributed by atoms with Crippen LogP contribution in [0.15, 0.2) is 0 Å². The smallest absolute Gasteiger partial charge is 0.463 e. The van der Waals surface area contributed by atoms with E-state index in [0.29, 0.717) is 0 Å². The summed E-state index contributed by atoms with van der Waals surface area (Å²) in [4.78, 5) is 67.8. The molecule has 206 valence electrons. The Morgan fingerprint density at radius 3 is 0.833 bits per heavy atom. The third-order valence-corrected chi connectivity index (χ3v) is 3.43. The minimum Gasteiger partial charge on any atom is -0.463 e. The van der Waals surface area contributed by atoms with Crippen molar-refractivity contribution in [2.75, 3.05) is 66.1 Å². The van der Waals surface area contributed by atoms with Crippen LogP contribution >= 0.6 is 0 Å². The average molecular weight is 526 g/mol. The molecule has 2 N–H and O–H groups in total. The van der Waals surface area contributed by atoms with Gasteiger partial charge in [0, 0.05) is 0 Å². The zero-order valence-corrected chi connectivity index (χ0v) is 19.5. The summed E-state index contributed by atoms with van der Waals surface area (Å²) >= 11 is 0. The zero-order chi connectivity index (χ0) is 27.0. The third kappa shape index (κ3) is 20.9. The predicted octanol–water partition coefficient (Wildman–Crippen LogP) is -0.989. The fraction of sp³-hybridized carbons (Fsp3) is 0.700. The molecule has 16 heteroatoms. The van der Waals surface area contributed by atoms with Crippen LogP contribution in [-0.2, 0) is 57.1 Å². The van der Waals surface area contributed by atoms with E-state index in [4.69, 9.17) is 19.7 Å². The second-order valence-corrected chi connectivity index (χ2v) is 6.22. The summed E-state index contributed by atoms with van der Waals surface area (Å²) in [5.41, 5.74) is 0. The Labute approximate surface area is 205 Å². The first kappa shape index (κ1) is 32.3. The van der Waals surface area contributed by atoms with Crippen LogP contribution in [0, 0.1) is 0 Å².